The van der Waals surface area contributed by atoms with Crippen molar-refractivity contribution in [2.75, 3.05) is 4.90 Å². The molecule has 1 atom stereocenters. The number of fused-ring (bicyclic) bond motifs is 18. The van der Waals surface area contributed by atoms with Crippen molar-refractivity contribution < 1.29 is 4.42 Å². The van der Waals surface area contributed by atoms with E-state index in [0.717, 1.165) is 68.4 Å². The molecular weight excluding hydrogens is 895 g/mol. The SMILES string of the molecule is C1=CCCC(C2(c3ccccc3)c3ccccc3-c3ccc(N(c4ccc5c(c4)C4(c6ccccc6-c6ccccc64)c4ccccc4-5)c4ccccc4-c4cccc5c4oc4c6ccccc6ccc54)cc32)=C1. The summed E-state index contributed by atoms with van der Waals surface area (Å²) in [7, 11) is 0. The second-order valence-corrected chi connectivity index (χ2v) is 20.5. The second kappa shape index (κ2) is 15.6. The molecule has 4 aliphatic carbocycles. The summed E-state index contributed by atoms with van der Waals surface area (Å²) in [5, 5.41) is 4.52. The lowest BCUT2D eigenvalue weighted by molar-refractivity contribution is 0.674. The van der Waals surface area contributed by atoms with Gasteiger partial charge in [0.1, 0.15) is 11.2 Å². The van der Waals surface area contributed by atoms with E-state index in [1.54, 1.807) is 0 Å². The minimum atomic E-state index is -0.508. The van der Waals surface area contributed by atoms with E-state index < -0.39 is 10.8 Å². The summed E-state index contributed by atoms with van der Waals surface area (Å²) in [5.74, 6) is 0. The van der Waals surface area contributed by atoms with Crippen LogP contribution in [0, 0.1) is 0 Å². The van der Waals surface area contributed by atoms with E-state index in [4.69, 9.17) is 4.42 Å². The molecule has 1 unspecified atom stereocenters. The molecule has 0 bridgehead atoms. The van der Waals surface area contributed by atoms with Crippen LogP contribution in [0.15, 0.2) is 271 Å². The molecule has 0 aliphatic heterocycles. The Bertz CT molecular complexity index is 4330. The van der Waals surface area contributed by atoms with E-state index in [0.29, 0.717) is 0 Å². The van der Waals surface area contributed by atoms with E-state index >= 15 is 0 Å². The highest BCUT2D eigenvalue weighted by molar-refractivity contribution is 6.18. The van der Waals surface area contributed by atoms with Crippen LogP contribution in [0.1, 0.15) is 51.8 Å². The van der Waals surface area contributed by atoms with E-state index in [-0.39, 0.29) is 0 Å². The van der Waals surface area contributed by atoms with Gasteiger partial charge in [0.25, 0.3) is 0 Å². The van der Waals surface area contributed by atoms with Crippen molar-refractivity contribution in [3.63, 3.8) is 0 Å². The van der Waals surface area contributed by atoms with Gasteiger partial charge in [-0.15, -0.1) is 0 Å². The van der Waals surface area contributed by atoms with Gasteiger partial charge >= 0.3 is 0 Å². The normalized spacial score (nSPS) is 16.2. The van der Waals surface area contributed by atoms with Crippen LogP contribution in [-0.4, -0.2) is 0 Å². The predicted octanol–water partition coefficient (Wildman–Crippen LogP) is 18.8. The van der Waals surface area contributed by atoms with Gasteiger partial charge in [-0.3, -0.25) is 0 Å². The predicted molar refractivity (Wildman–Crippen MR) is 306 cm³/mol. The number of para-hydroxylation sites is 2. The fraction of sp³-hybridized carbons (Fsp3) is 0.0556. The largest absolute Gasteiger partial charge is 0.455 e. The summed E-state index contributed by atoms with van der Waals surface area (Å²) in [6.07, 6.45) is 8.96. The standard InChI is InChI=1S/C72H47NO/c1-3-21-47(22-4-1)71(48-23-5-2-6-24-48)62-33-14-9-28-54(62)56-42-39-49(44-66(56)71)73(68-37-18-13-30-58(68)59-31-19-32-60-61-41-38-46-20-7-8-25-51(46)69(61)74-70(59)60)50-40-43-57-55-29-12-17-36-65(55)72(67(57)45-50)63-34-15-10-26-52(63)53-27-11-16-35-64(53)72/h1-5,7-23,25-45H,6,24H2. The first-order valence-electron chi connectivity index (χ1n) is 26.1. The van der Waals surface area contributed by atoms with Crippen molar-refractivity contribution in [3.8, 4) is 44.5 Å². The van der Waals surface area contributed by atoms with Crippen molar-refractivity contribution in [1.82, 2.24) is 0 Å². The van der Waals surface area contributed by atoms with Crippen molar-refractivity contribution in [2.45, 2.75) is 23.7 Å². The van der Waals surface area contributed by atoms with Crippen molar-refractivity contribution in [2.24, 2.45) is 0 Å². The van der Waals surface area contributed by atoms with Crippen LogP contribution < -0.4 is 4.90 Å². The molecule has 346 valence electrons. The summed E-state index contributed by atoms with van der Waals surface area (Å²) in [6.45, 7) is 0. The Hall–Kier alpha value is -9.24. The lowest BCUT2D eigenvalue weighted by Gasteiger charge is -2.37. The molecule has 1 heterocycles. The minimum absolute atomic E-state index is 0.497. The number of benzene rings is 11. The second-order valence-electron chi connectivity index (χ2n) is 20.5. The highest BCUT2D eigenvalue weighted by Crippen LogP contribution is 2.64. The first-order valence-corrected chi connectivity index (χ1v) is 26.1. The zero-order valence-corrected chi connectivity index (χ0v) is 40.6. The van der Waals surface area contributed by atoms with Gasteiger partial charge in [-0.2, -0.15) is 0 Å². The fourth-order valence-corrected chi connectivity index (χ4v) is 14.1. The molecular formula is C72H47NO. The van der Waals surface area contributed by atoms with Gasteiger partial charge < -0.3 is 9.32 Å². The number of furan rings is 1. The number of hydrogen-bond acceptors (Lipinski definition) is 2. The highest BCUT2D eigenvalue weighted by Gasteiger charge is 2.52. The molecule has 4 aliphatic rings. The first kappa shape index (κ1) is 41.4. The molecule has 0 N–H and O–H groups in total. The Kier molecular flexibility index (Phi) is 8.74. The smallest absolute Gasteiger partial charge is 0.143 e. The van der Waals surface area contributed by atoms with Gasteiger partial charge in [-0.1, -0.05) is 230 Å². The zero-order chi connectivity index (χ0) is 48.5. The van der Waals surface area contributed by atoms with Crippen molar-refractivity contribution in [3.05, 3.63) is 305 Å². The van der Waals surface area contributed by atoms with E-state index in [2.05, 4.69) is 266 Å². The maximum atomic E-state index is 7.13. The molecule has 0 amide bonds. The van der Waals surface area contributed by atoms with Crippen LogP contribution in [0.2, 0.25) is 0 Å². The molecule has 0 fully saturated rings. The molecule has 2 nitrogen and oxygen atoms in total. The van der Waals surface area contributed by atoms with Crippen molar-refractivity contribution >= 4 is 49.8 Å². The molecule has 16 rings (SSSR count). The average Bonchev–Trinajstić information content (AvgIpc) is 4.24. The average molecular weight is 942 g/mol. The number of hydrogen-bond donors (Lipinski definition) is 0. The van der Waals surface area contributed by atoms with E-state index in [1.807, 2.05) is 0 Å². The summed E-state index contributed by atoms with van der Waals surface area (Å²) < 4.78 is 7.13. The van der Waals surface area contributed by atoms with E-state index in [1.165, 1.54) is 83.3 Å². The number of nitrogens with zero attached hydrogens (tertiary/aromatic N) is 1. The van der Waals surface area contributed by atoms with Gasteiger partial charge in [0.2, 0.25) is 0 Å². The Morgan fingerprint density at radius 3 is 1.49 bits per heavy atom. The fourth-order valence-electron chi connectivity index (χ4n) is 14.1. The summed E-state index contributed by atoms with van der Waals surface area (Å²) in [5.41, 5.74) is 24.6. The van der Waals surface area contributed by atoms with Crippen LogP contribution >= 0.6 is 0 Å². The quantitative estimate of drug-likeness (QED) is 0.165. The van der Waals surface area contributed by atoms with Gasteiger partial charge in [0.15, 0.2) is 0 Å². The molecule has 11 aromatic carbocycles. The first-order chi connectivity index (χ1) is 36.7. The van der Waals surface area contributed by atoms with Crippen LogP contribution in [0.25, 0.3) is 77.2 Å². The van der Waals surface area contributed by atoms with Gasteiger partial charge in [0, 0.05) is 38.7 Å². The zero-order valence-electron chi connectivity index (χ0n) is 40.6. The number of anilines is 3. The Morgan fingerprint density at radius 1 is 0.351 bits per heavy atom. The maximum Gasteiger partial charge on any atom is 0.143 e. The molecule has 0 saturated carbocycles. The van der Waals surface area contributed by atoms with Gasteiger partial charge in [-0.05, 0) is 127 Å². The van der Waals surface area contributed by atoms with E-state index in [9.17, 15) is 0 Å². The molecule has 2 heteroatoms. The summed E-state index contributed by atoms with van der Waals surface area (Å²) in [4.78, 5) is 2.55. The monoisotopic (exact) mass is 941 g/mol. The van der Waals surface area contributed by atoms with Crippen LogP contribution in [-0.2, 0) is 10.8 Å². The molecule has 1 aromatic heterocycles. The van der Waals surface area contributed by atoms with Crippen LogP contribution in [0.4, 0.5) is 17.1 Å². The lowest BCUT2D eigenvalue weighted by atomic mass is 9.65. The maximum absolute atomic E-state index is 7.13. The highest BCUT2D eigenvalue weighted by atomic mass is 16.3. The Morgan fingerprint density at radius 2 is 0.851 bits per heavy atom. The molecule has 0 radical (unpaired) electrons. The molecule has 74 heavy (non-hydrogen) atoms. The van der Waals surface area contributed by atoms with Crippen LogP contribution in [0.5, 0.6) is 0 Å². The lowest BCUT2D eigenvalue weighted by Crippen LogP contribution is -2.30. The minimum Gasteiger partial charge on any atom is -0.455 e. The van der Waals surface area contributed by atoms with Gasteiger partial charge in [0.05, 0.1) is 16.5 Å². The third kappa shape index (κ3) is 5.44. The topological polar surface area (TPSA) is 16.4 Å². The molecule has 12 aromatic rings. The summed E-state index contributed by atoms with van der Waals surface area (Å²) >= 11 is 0. The van der Waals surface area contributed by atoms with Gasteiger partial charge in [-0.25, -0.2) is 0 Å². The van der Waals surface area contributed by atoms with Crippen molar-refractivity contribution in [1.29, 1.82) is 0 Å². The third-order valence-electron chi connectivity index (χ3n) is 17.1. The number of rotatable bonds is 6. The molecule has 0 saturated heterocycles. The number of allylic oxidation sites excluding steroid dienone is 4. The Labute approximate surface area is 430 Å². The molecule has 1 spiro atoms. The van der Waals surface area contributed by atoms with Crippen LogP contribution in [0.3, 0.4) is 0 Å². The Balaban J connectivity index is 0.993. The summed E-state index contributed by atoms with van der Waals surface area (Å²) in [6, 6.07) is 90.9. The third-order valence-corrected chi connectivity index (χ3v) is 17.1.